The molecule has 0 aliphatic carbocycles. The summed E-state index contributed by atoms with van der Waals surface area (Å²) in [6, 6.07) is 10.4. The molecule has 5 rings (SSSR count). The van der Waals surface area contributed by atoms with Gasteiger partial charge in [-0.05, 0) is 24.3 Å². The lowest BCUT2D eigenvalue weighted by Crippen LogP contribution is -2.33. The summed E-state index contributed by atoms with van der Waals surface area (Å²) in [5, 5.41) is 19.2. The molecular weight excluding hydrogens is 408 g/mol. The number of aromatic nitrogens is 3. The number of benzene rings is 1. The number of rotatable bonds is 4. The predicted octanol–water partition coefficient (Wildman–Crippen LogP) is 1.42. The van der Waals surface area contributed by atoms with Crippen molar-refractivity contribution in [3.05, 3.63) is 58.3 Å². The molecule has 9 heteroatoms. The highest BCUT2D eigenvalue weighted by molar-refractivity contribution is 5.83. The first-order valence-corrected chi connectivity index (χ1v) is 10.6. The molecule has 0 spiro atoms. The number of phenolic OH excluding ortho intramolecular Hbond substituents is 1. The summed E-state index contributed by atoms with van der Waals surface area (Å²) in [5.41, 5.74) is 0.480. The second kappa shape index (κ2) is 7.96. The topological polar surface area (TPSA) is 126 Å². The van der Waals surface area contributed by atoms with Crippen molar-refractivity contribution in [2.24, 2.45) is 11.8 Å². The van der Waals surface area contributed by atoms with Crippen LogP contribution >= 0.6 is 0 Å². The summed E-state index contributed by atoms with van der Waals surface area (Å²) >= 11 is 0. The number of nitriles is 1. The third-order valence-corrected chi connectivity index (χ3v) is 6.38. The van der Waals surface area contributed by atoms with E-state index < -0.39 is 0 Å². The van der Waals surface area contributed by atoms with Crippen LogP contribution in [0.2, 0.25) is 0 Å². The number of phenols is 1. The van der Waals surface area contributed by atoms with Gasteiger partial charge in [-0.3, -0.25) is 9.59 Å². The molecule has 4 heterocycles. The van der Waals surface area contributed by atoms with E-state index in [1.165, 1.54) is 6.07 Å². The van der Waals surface area contributed by atoms with Gasteiger partial charge >= 0.3 is 0 Å². The SMILES string of the molecule is N#Cc1ccc(N2C[C@H]3CN(C(=O)CCc4nc5c(O)cccc5c(=O)[nH]4)C[C@H]3C2)nc1. The van der Waals surface area contributed by atoms with Gasteiger partial charge in [0.25, 0.3) is 5.56 Å². The van der Waals surface area contributed by atoms with Crippen LogP contribution in [0.15, 0.2) is 41.3 Å². The Morgan fingerprint density at radius 3 is 2.66 bits per heavy atom. The summed E-state index contributed by atoms with van der Waals surface area (Å²) in [6.45, 7) is 3.09. The van der Waals surface area contributed by atoms with Gasteiger partial charge in [-0.25, -0.2) is 9.97 Å². The van der Waals surface area contributed by atoms with Crippen molar-refractivity contribution in [2.45, 2.75) is 12.8 Å². The summed E-state index contributed by atoms with van der Waals surface area (Å²) in [7, 11) is 0. The van der Waals surface area contributed by atoms with E-state index in [1.807, 2.05) is 11.0 Å². The molecule has 2 aromatic heterocycles. The number of aryl methyl sites for hydroxylation is 1. The molecule has 0 saturated carbocycles. The van der Waals surface area contributed by atoms with Gasteiger partial charge in [-0.15, -0.1) is 0 Å². The Hall–Kier alpha value is -3.93. The number of nitrogens with one attached hydrogen (secondary N) is 1. The lowest BCUT2D eigenvalue weighted by atomic mass is 10.0. The van der Waals surface area contributed by atoms with Crippen LogP contribution in [-0.4, -0.2) is 57.0 Å². The second-order valence-electron chi connectivity index (χ2n) is 8.43. The van der Waals surface area contributed by atoms with Crippen LogP contribution in [0, 0.1) is 23.2 Å². The van der Waals surface area contributed by atoms with Gasteiger partial charge in [0, 0.05) is 57.1 Å². The first-order valence-electron chi connectivity index (χ1n) is 10.6. The van der Waals surface area contributed by atoms with Crippen molar-refractivity contribution >= 4 is 22.6 Å². The van der Waals surface area contributed by atoms with Gasteiger partial charge in [0.2, 0.25) is 5.91 Å². The molecule has 1 aromatic carbocycles. The van der Waals surface area contributed by atoms with Crippen LogP contribution in [0.3, 0.4) is 0 Å². The molecule has 32 heavy (non-hydrogen) atoms. The zero-order valence-electron chi connectivity index (χ0n) is 17.4. The van der Waals surface area contributed by atoms with E-state index in [-0.39, 0.29) is 29.2 Å². The number of fused-ring (bicyclic) bond motifs is 2. The molecule has 0 unspecified atom stereocenters. The maximum absolute atomic E-state index is 12.8. The number of pyridine rings is 1. The number of nitrogens with zero attached hydrogens (tertiary/aromatic N) is 5. The summed E-state index contributed by atoms with van der Waals surface area (Å²) in [6.07, 6.45) is 2.15. The van der Waals surface area contributed by atoms with E-state index in [0.29, 0.717) is 48.1 Å². The largest absolute Gasteiger partial charge is 0.506 e. The lowest BCUT2D eigenvalue weighted by molar-refractivity contribution is -0.130. The molecule has 0 bridgehead atoms. The Bertz CT molecular complexity index is 1270. The van der Waals surface area contributed by atoms with Gasteiger partial charge in [-0.2, -0.15) is 5.26 Å². The van der Waals surface area contributed by atoms with E-state index in [4.69, 9.17) is 5.26 Å². The standard InChI is InChI=1S/C23H22N6O3/c24-8-14-4-6-20(25-9-14)28-10-15-12-29(13-16(15)11-28)21(31)7-5-19-26-22-17(23(32)27-19)2-1-3-18(22)30/h1-4,6,9,15-16,30H,5,7,10-13H2,(H,26,27,32)/t15-,16+. The number of anilines is 1. The van der Waals surface area contributed by atoms with Crippen LogP contribution in [0.25, 0.3) is 10.9 Å². The average molecular weight is 430 g/mol. The van der Waals surface area contributed by atoms with Crippen molar-refractivity contribution in [1.82, 2.24) is 19.9 Å². The first-order chi connectivity index (χ1) is 15.5. The number of aromatic hydroxyl groups is 1. The number of para-hydroxylation sites is 1. The van der Waals surface area contributed by atoms with E-state index in [0.717, 1.165) is 18.9 Å². The number of hydrogen-bond donors (Lipinski definition) is 2. The molecule has 2 atom stereocenters. The van der Waals surface area contributed by atoms with E-state index in [1.54, 1.807) is 24.4 Å². The molecule has 2 fully saturated rings. The van der Waals surface area contributed by atoms with Crippen molar-refractivity contribution in [1.29, 1.82) is 5.26 Å². The van der Waals surface area contributed by atoms with Crippen molar-refractivity contribution in [3.63, 3.8) is 0 Å². The quantitative estimate of drug-likeness (QED) is 0.641. The molecule has 0 radical (unpaired) electrons. The van der Waals surface area contributed by atoms with Crippen molar-refractivity contribution < 1.29 is 9.90 Å². The van der Waals surface area contributed by atoms with Crippen LogP contribution < -0.4 is 10.5 Å². The number of carbonyl (C=O) groups is 1. The lowest BCUT2D eigenvalue weighted by Gasteiger charge is -2.22. The number of likely N-dealkylation sites (tertiary alicyclic amines) is 1. The summed E-state index contributed by atoms with van der Waals surface area (Å²) in [5.74, 6) is 2.05. The minimum atomic E-state index is -0.319. The third-order valence-electron chi connectivity index (χ3n) is 6.38. The zero-order valence-corrected chi connectivity index (χ0v) is 17.4. The normalized spacial score (nSPS) is 19.8. The fourth-order valence-electron chi connectivity index (χ4n) is 4.72. The van der Waals surface area contributed by atoms with Crippen molar-refractivity contribution in [2.75, 3.05) is 31.1 Å². The zero-order chi connectivity index (χ0) is 22.2. The van der Waals surface area contributed by atoms with Crippen LogP contribution in [0.5, 0.6) is 5.75 Å². The third kappa shape index (κ3) is 3.64. The predicted molar refractivity (Wildman–Crippen MR) is 117 cm³/mol. The Kier molecular flexibility index (Phi) is 4.98. The number of H-pyrrole nitrogens is 1. The molecule has 162 valence electrons. The molecule has 2 aliphatic heterocycles. The van der Waals surface area contributed by atoms with Gasteiger partial charge in [0.05, 0.1) is 10.9 Å². The highest BCUT2D eigenvalue weighted by atomic mass is 16.3. The maximum atomic E-state index is 12.8. The fourth-order valence-corrected chi connectivity index (χ4v) is 4.72. The summed E-state index contributed by atoms with van der Waals surface area (Å²) in [4.78, 5) is 40.6. The smallest absolute Gasteiger partial charge is 0.258 e. The molecular formula is C23H22N6O3. The highest BCUT2D eigenvalue weighted by Crippen LogP contribution is 2.33. The van der Waals surface area contributed by atoms with Crippen LogP contribution in [-0.2, 0) is 11.2 Å². The van der Waals surface area contributed by atoms with E-state index >= 15 is 0 Å². The molecule has 2 N–H and O–H groups in total. The molecule has 9 nitrogen and oxygen atoms in total. The van der Waals surface area contributed by atoms with E-state index in [9.17, 15) is 14.7 Å². The molecule has 1 amide bonds. The Morgan fingerprint density at radius 2 is 1.97 bits per heavy atom. The van der Waals surface area contributed by atoms with E-state index in [2.05, 4.69) is 25.9 Å². The van der Waals surface area contributed by atoms with Gasteiger partial charge in [0.1, 0.15) is 29.0 Å². The molecule has 3 aromatic rings. The molecule has 2 saturated heterocycles. The van der Waals surface area contributed by atoms with Gasteiger partial charge < -0.3 is 19.9 Å². The Morgan fingerprint density at radius 1 is 1.19 bits per heavy atom. The first kappa shape index (κ1) is 20.0. The minimum absolute atomic E-state index is 0.0440. The maximum Gasteiger partial charge on any atom is 0.258 e. The Balaban J connectivity index is 1.19. The molecule has 2 aliphatic rings. The van der Waals surface area contributed by atoms with Crippen LogP contribution in [0.4, 0.5) is 5.82 Å². The number of amides is 1. The van der Waals surface area contributed by atoms with Crippen LogP contribution in [0.1, 0.15) is 17.8 Å². The minimum Gasteiger partial charge on any atom is -0.506 e. The van der Waals surface area contributed by atoms with Gasteiger partial charge in [0.15, 0.2) is 0 Å². The highest BCUT2D eigenvalue weighted by Gasteiger charge is 2.41. The monoisotopic (exact) mass is 430 g/mol. The number of carbonyl (C=O) groups excluding carboxylic acids is 1. The Labute approximate surface area is 183 Å². The summed E-state index contributed by atoms with van der Waals surface area (Å²) < 4.78 is 0. The second-order valence-corrected chi connectivity index (χ2v) is 8.43. The number of aromatic amines is 1. The average Bonchev–Trinajstić information content (AvgIpc) is 3.38. The number of hydrogen-bond acceptors (Lipinski definition) is 7. The van der Waals surface area contributed by atoms with Crippen molar-refractivity contribution in [3.8, 4) is 11.8 Å². The van der Waals surface area contributed by atoms with Gasteiger partial charge in [-0.1, -0.05) is 6.07 Å². The fraction of sp³-hybridized carbons (Fsp3) is 0.348.